The zero-order valence-corrected chi connectivity index (χ0v) is 21.3. The number of nitrogens with zero attached hydrogens (tertiary/aromatic N) is 1. The third kappa shape index (κ3) is 7.56. The predicted octanol–water partition coefficient (Wildman–Crippen LogP) is 6.12. The predicted molar refractivity (Wildman–Crippen MR) is 129 cm³/mol. The Morgan fingerprint density at radius 3 is 2.39 bits per heavy atom. The Labute approximate surface area is 206 Å². The number of halogens is 4. The number of rotatable bonds is 9. The molecule has 1 atom stereocenters. The Balaban J connectivity index is 2.27. The summed E-state index contributed by atoms with van der Waals surface area (Å²) in [5.41, 5.74) is 0.678. The maximum Gasteiger partial charge on any atom is 0.261 e. The second-order valence-electron chi connectivity index (χ2n) is 7.21. The van der Waals surface area contributed by atoms with E-state index < -0.39 is 6.04 Å². The molecule has 9 heteroatoms. The molecule has 0 saturated carbocycles. The number of carbonyl (C=O) groups is 2. The van der Waals surface area contributed by atoms with E-state index in [-0.39, 0.29) is 31.0 Å². The fraction of sp³-hybridized carbons (Fsp3) is 0.364. The molecule has 0 radical (unpaired) electrons. The summed E-state index contributed by atoms with van der Waals surface area (Å²) in [5, 5.41) is 4.16. The van der Waals surface area contributed by atoms with Gasteiger partial charge in [0.1, 0.15) is 11.8 Å². The molecule has 0 aromatic heterocycles. The van der Waals surface area contributed by atoms with Crippen LogP contribution < -0.4 is 10.1 Å². The van der Waals surface area contributed by atoms with Crippen molar-refractivity contribution in [2.45, 2.75) is 45.8 Å². The van der Waals surface area contributed by atoms with Gasteiger partial charge in [-0.2, -0.15) is 0 Å². The summed E-state index contributed by atoms with van der Waals surface area (Å²) in [7, 11) is 0. The molecule has 0 fully saturated rings. The van der Waals surface area contributed by atoms with Gasteiger partial charge in [-0.3, -0.25) is 9.59 Å². The van der Waals surface area contributed by atoms with Crippen molar-refractivity contribution in [3.8, 4) is 5.75 Å². The minimum absolute atomic E-state index is 0.0598. The molecule has 168 valence electrons. The van der Waals surface area contributed by atoms with Gasteiger partial charge >= 0.3 is 0 Å². The first-order valence-corrected chi connectivity index (χ1v) is 11.7. The average molecular weight is 551 g/mol. The van der Waals surface area contributed by atoms with E-state index in [1.165, 1.54) is 4.90 Å². The maximum atomic E-state index is 13.2. The third-order valence-corrected chi connectivity index (χ3v) is 5.79. The Hall–Kier alpha value is -1.47. The van der Waals surface area contributed by atoms with Gasteiger partial charge in [-0.05, 0) is 56.2 Å². The van der Waals surface area contributed by atoms with Crippen LogP contribution in [0, 0.1) is 0 Å². The maximum absolute atomic E-state index is 13.2. The molecule has 31 heavy (non-hydrogen) atoms. The molecule has 2 rings (SSSR count). The van der Waals surface area contributed by atoms with E-state index in [2.05, 4.69) is 21.2 Å². The molecule has 1 N–H and O–H groups in total. The lowest BCUT2D eigenvalue weighted by molar-refractivity contribution is -0.143. The monoisotopic (exact) mass is 548 g/mol. The van der Waals surface area contributed by atoms with E-state index in [9.17, 15) is 9.59 Å². The molecule has 2 amide bonds. The molecule has 0 saturated heterocycles. The first-order chi connectivity index (χ1) is 14.6. The highest BCUT2D eigenvalue weighted by molar-refractivity contribution is 9.10. The zero-order chi connectivity index (χ0) is 23.1. The summed E-state index contributed by atoms with van der Waals surface area (Å²) in [4.78, 5) is 27.4. The van der Waals surface area contributed by atoms with Crippen LogP contribution in [0.4, 0.5) is 0 Å². The molecule has 5 nitrogen and oxygen atoms in total. The average Bonchev–Trinajstić information content (AvgIpc) is 2.68. The number of ether oxygens (including phenoxy) is 1. The summed E-state index contributed by atoms with van der Waals surface area (Å²) < 4.78 is 6.45. The van der Waals surface area contributed by atoms with Gasteiger partial charge in [-0.25, -0.2) is 0 Å². The van der Waals surface area contributed by atoms with Crippen LogP contribution in [0.5, 0.6) is 5.75 Å². The molecule has 2 aromatic rings. The number of benzene rings is 2. The Morgan fingerprint density at radius 2 is 1.81 bits per heavy atom. The highest BCUT2D eigenvalue weighted by Gasteiger charge is 2.30. The SMILES string of the molecule is CC[C@H](C(=O)NC(C)C)N(Cc1ccc(Cl)cc1Cl)C(=O)COc1ccc(Br)cc1Cl. The van der Waals surface area contributed by atoms with E-state index in [4.69, 9.17) is 39.5 Å². The molecule has 0 heterocycles. The van der Waals surface area contributed by atoms with Gasteiger partial charge in [0.05, 0.1) is 5.02 Å². The summed E-state index contributed by atoms with van der Waals surface area (Å²) in [6.07, 6.45) is 0.425. The largest absolute Gasteiger partial charge is 0.482 e. The smallest absolute Gasteiger partial charge is 0.261 e. The van der Waals surface area contributed by atoms with Gasteiger partial charge in [0, 0.05) is 27.1 Å². The van der Waals surface area contributed by atoms with Crippen LogP contribution in [0.15, 0.2) is 40.9 Å². The highest BCUT2D eigenvalue weighted by Crippen LogP contribution is 2.28. The number of amides is 2. The van der Waals surface area contributed by atoms with Crippen LogP contribution in [0.2, 0.25) is 15.1 Å². The van der Waals surface area contributed by atoms with Gasteiger partial charge in [-0.15, -0.1) is 0 Å². The Bertz CT molecular complexity index is 940. The topological polar surface area (TPSA) is 58.6 Å². The minimum atomic E-state index is -0.689. The van der Waals surface area contributed by atoms with Crippen molar-refractivity contribution >= 4 is 62.5 Å². The van der Waals surface area contributed by atoms with Crippen LogP contribution in [0.25, 0.3) is 0 Å². The summed E-state index contributed by atoms with van der Waals surface area (Å²) in [5.74, 6) is -0.226. The molecular weight excluding hydrogens is 527 g/mol. The fourth-order valence-electron chi connectivity index (χ4n) is 2.95. The quantitative estimate of drug-likeness (QED) is 0.409. The van der Waals surface area contributed by atoms with Crippen molar-refractivity contribution in [3.63, 3.8) is 0 Å². The first-order valence-electron chi connectivity index (χ1n) is 9.74. The van der Waals surface area contributed by atoms with Crippen LogP contribution in [-0.4, -0.2) is 35.4 Å². The van der Waals surface area contributed by atoms with Crippen LogP contribution >= 0.6 is 50.7 Å². The van der Waals surface area contributed by atoms with Crippen molar-refractivity contribution in [2.24, 2.45) is 0 Å². The number of carbonyl (C=O) groups excluding carboxylic acids is 2. The van der Waals surface area contributed by atoms with E-state index in [0.717, 1.165) is 4.47 Å². The number of hydrogen-bond acceptors (Lipinski definition) is 3. The van der Waals surface area contributed by atoms with Crippen molar-refractivity contribution in [2.75, 3.05) is 6.61 Å². The lowest BCUT2D eigenvalue weighted by Gasteiger charge is -2.31. The van der Waals surface area contributed by atoms with E-state index in [0.29, 0.717) is 32.8 Å². The van der Waals surface area contributed by atoms with E-state index in [1.807, 2.05) is 20.8 Å². The minimum Gasteiger partial charge on any atom is -0.482 e. The van der Waals surface area contributed by atoms with Crippen LogP contribution in [0.3, 0.4) is 0 Å². The lowest BCUT2D eigenvalue weighted by Crippen LogP contribution is -2.51. The Kier molecular flexibility index (Phi) is 9.94. The van der Waals surface area contributed by atoms with Gasteiger partial charge in [-0.1, -0.05) is 63.7 Å². The molecule has 0 aliphatic heterocycles. The second-order valence-corrected chi connectivity index (χ2v) is 9.37. The van der Waals surface area contributed by atoms with Crippen molar-refractivity contribution in [1.82, 2.24) is 10.2 Å². The zero-order valence-electron chi connectivity index (χ0n) is 17.4. The molecule has 0 bridgehead atoms. The van der Waals surface area contributed by atoms with Gasteiger partial charge in [0.15, 0.2) is 6.61 Å². The standard InChI is InChI=1S/C22H24BrCl3N2O3/c1-4-19(22(30)27-13(2)3)28(11-14-5-7-16(24)10-17(14)25)21(29)12-31-20-8-6-15(23)9-18(20)26/h5-10,13,19H,4,11-12H2,1-3H3,(H,27,30)/t19-/m1/s1. The molecule has 0 spiro atoms. The summed E-state index contributed by atoms with van der Waals surface area (Å²) >= 11 is 21.8. The summed E-state index contributed by atoms with van der Waals surface area (Å²) in [6.45, 7) is 5.44. The van der Waals surface area contributed by atoms with E-state index in [1.54, 1.807) is 36.4 Å². The molecule has 0 aliphatic carbocycles. The molecular formula is C22H24BrCl3N2O3. The van der Waals surface area contributed by atoms with Gasteiger partial charge < -0.3 is 15.0 Å². The van der Waals surface area contributed by atoms with Gasteiger partial charge in [0.25, 0.3) is 5.91 Å². The second kappa shape index (κ2) is 12.0. The molecule has 0 aliphatic rings. The number of nitrogens with one attached hydrogen (secondary N) is 1. The Morgan fingerprint density at radius 1 is 1.10 bits per heavy atom. The molecule has 2 aromatic carbocycles. The number of hydrogen-bond donors (Lipinski definition) is 1. The third-order valence-electron chi connectivity index (χ3n) is 4.42. The van der Waals surface area contributed by atoms with Crippen LogP contribution in [-0.2, 0) is 16.1 Å². The molecule has 0 unspecified atom stereocenters. The van der Waals surface area contributed by atoms with E-state index >= 15 is 0 Å². The highest BCUT2D eigenvalue weighted by atomic mass is 79.9. The van der Waals surface area contributed by atoms with Crippen LogP contribution in [0.1, 0.15) is 32.8 Å². The first kappa shape index (κ1) is 25.8. The summed E-state index contributed by atoms with van der Waals surface area (Å²) in [6, 6.07) is 9.40. The van der Waals surface area contributed by atoms with Crippen molar-refractivity contribution < 1.29 is 14.3 Å². The normalized spacial score (nSPS) is 11.9. The fourth-order valence-corrected chi connectivity index (χ4v) is 4.14. The van der Waals surface area contributed by atoms with Gasteiger partial charge in [0.2, 0.25) is 5.91 Å². The van der Waals surface area contributed by atoms with Crippen molar-refractivity contribution in [3.05, 3.63) is 61.5 Å². The lowest BCUT2D eigenvalue weighted by atomic mass is 10.1. The van der Waals surface area contributed by atoms with Crippen molar-refractivity contribution in [1.29, 1.82) is 0 Å².